The normalized spacial score (nSPS) is 17.4. The Balaban J connectivity index is 2.13. The fraction of sp³-hybridized carbons (Fsp3) is 0.417. The van der Waals surface area contributed by atoms with Crippen LogP contribution in [-0.2, 0) is 9.53 Å². The lowest BCUT2D eigenvalue weighted by molar-refractivity contribution is -0.140. The molecular weight excluding hydrogens is 222 g/mol. The van der Waals surface area contributed by atoms with Crippen molar-refractivity contribution in [1.82, 2.24) is 4.90 Å². The second-order valence-electron chi connectivity index (χ2n) is 3.67. The monoisotopic (exact) mass is 237 g/mol. The molecule has 0 aliphatic carbocycles. The maximum Gasteiger partial charge on any atom is 0.257 e. The third-order valence-electron chi connectivity index (χ3n) is 2.63. The minimum absolute atomic E-state index is 0.0682. The first-order chi connectivity index (χ1) is 7.83. The molecule has 16 heavy (non-hydrogen) atoms. The number of methoxy groups -OCH3 is 1. The number of rotatable bonds is 3. The Labute approximate surface area is 99.8 Å². The number of hydrogen-bond acceptors (Lipinski definition) is 3. The molecule has 1 heterocycles. The highest BCUT2D eigenvalue weighted by molar-refractivity contribution is 7.99. The number of carbonyl (C=O) groups is 1. The van der Waals surface area contributed by atoms with Gasteiger partial charge in [-0.25, -0.2) is 0 Å². The van der Waals surface area contributed by atoms with Crippen LogP contribution in [0.2, 0.25) is 0 Å². The van der Waals surface area contributed by atoms with Gasteiger partial charge in [0.25, 0.3) is 5.91 Å². The Morgan fingerprint density at radius 1 is 1.44 bits per heavy atom. The molecule has 86 valence electrons. The Bertz CT molecular complexity index is 349. The van der Waals surface area contributed by atoms with Crippen molar-refractivity contribution >= 4 is 17.7 Å². The topological polar surface area (TPSA) is 29.5 Å². The lowest BCUT2D eigenvalue weighted by atomic mass is 10.1. The van der Waals surface area contributed by atoms with Gasteiger partial charge in [-0.2, -0.15) is 0 Å². The molecule has 0 N–H and O–H groups in total. The van der Waals surface area contributed by atoms with E-state index in [-0.39, 0.29) is 5.91 Å². The van der Waals surface area contributed by atoms with Crippen LogP contribution in [-0.4, -0.2) is 36.1 Å². The molecule has 1 aliphatic rings. The quantitative estimate of drug-likeness (QED) is 0.804. The van der Waals surface area contributed by atoms with E-state index in [2.05, 4.69) is 0 Å². The van der Waals surface area contributed by atoms with Gasteiger partial charge in [0, 0.05) is 19.4 Å². The van der Waals surface area contributed by atoms with Gasteiger partial charge in [0.15, 0.2) is 6.10 Å². The average molecular weight is 237 g/mol. The standard InChI is InChI=1S/C12H15NO2S/c1-15-11(10-5-3-2-4-6-10)12(14)13-7-8-16-9-13/h2-6,11H,7-9H2,1H3. The lowest BCUT2D eigenvalue weighted by Crippen LogP contribution is -2.33. The smallest absolute Gasteiger partial charge is 0.257 e. The third kappa shape index (κ3) is 2.39. The van der Waals surface area contributed by atoms with E-state index in [4.69, 9.17) is 4.74 Å². The van der Waals surface area contributed by atoms with Gasteiger partial charge in [-0.3, -0.25) is 4.79 Å². The summed E-state index contributed by atoms with van der Waals surface area (Å²) in [5, 5.41) is 0. The lowest BCUT2D eigenvalue weighted by Gasteiger charge is -2.21. The number of thioether (sulfide) groups is 1. The Morgan fingerprint density at radius 2 is 2.19 bits per heavy atom. The summed E-state index contributed by atoms with van der Waals surface area (Å²) in [5.41, 5.74) is 0.923. The number of carbonyl (C=O) groups excluding carboxylic acids is 1. The molecule has 4 heteroatoms. The zero-order valence-electron chi connectivity index (χ0n) is 9.26. The summed E-state index contributed by atoms with van der Waals surface area (Å²) in [6.07, 6.45) is -0.458. The van der Waals surface area contributed by atoms with E-state index in [0.29, 0.717) is 0 Å². The van der Waals surface area contributed by atoms with Crippen molar-refractivity contribution in [2.24, 2.45) is 0 Å². The second kappa shape index (κ2) is 5.37. The summed E-state index contributed by atoms with van der Waals surface area (Å²) >= 11 is 1.78. The van der Waals surface area contributed by atoms with Crippen molar-refractivity contribution in [2.45, 2.75) is 6.10 Å². The van der Waals surface area contributed by atoms with E-state index in [1.165, 1.54) is 0 Å². The zero-order chi connectivity index (χ0) is 11.4. The van der Waals surface area contributed by atoms with Gasteiger partial charge in [0.1, 0.15) is 0 Å². The predicted octanol–water partition coefficient (Wildman–Crippen LogP) is 1.91. The highest BCUT2D eigenvalue weighted by Crippen LogP contribution is 2.23. The first-order valence-electron chi connectivity index (χ1n) is 5.27. The fourth-order valence-electron chi connectivity index (χ4n) is 1.76. The molecule has 1 aliphatic heterocycles. The molecule has 0 aromatic heterocycles. The van der Waals surface area contributed by atoms with Crippen molar-refractivity contribution in [3.8, 4) is 0 Å². The first kappa shape index (κ1) is 11.5. The number of hydrogen-bond donors (Lipinski definition) is 0. The van der Waals surface area contributed by atoms with Crippen molar-refractivity contribution in [1.29, 1.82) is 0 Å². The van der Waals surface area contributed by atoms with Crippen LogP contribution in [0.3, 0.4) is 0 Å². The summed E-state index contributed by atoms with van der Waals surface area (Å²) in [6.45, 7) is 0.830. The summed E-state index contributed by atoms with van der Waals surface area (Å²) in [4.78, 5) is 14.0. The van der Waals surface area contributed by atoms with Gasteiger partial charge in [-0.1, -0.05) is 30.3 Å². The minimum atomic E-state index is -0.458. The van der Waals surface area contributed by atoms with Crippen molar-refractivity contribution < 1.29 is 9.53 Å². The van der Waals surface area contributed by atoms with E-state index >= 15 is 0 Å². The first-order valence-corrected chi connectivity index (χ1v) is 6.42. The third-order valence-corrected chi connectivity index (χ3v) is 3.59. The summed E-state index contributed by atoms with van der Waals surface area (Å²) in [6, 6.07) is 9.64. The van der Waals surface area contributed by atoms with Crippen LogP contribution >= 0.6 is 11.8 Å². The van der Waals surface area contributed by atoms with Crippen LogP contribution in [0.4, 0.5) is 0 Å². The van der Waals surface area contributed by atoms with Crippen LogP contribution in [0.5, 0.6) is 0 Å². The van der Waals surface area contributed by atoms with E-state index in [0.717, 1.165) is 23.7 Å². The summed E-state index contributed by atoms with van der Waals surface area (Å²) in [7, 11) is 1.58. The molecule has 0 radical (unpaired) electrons. The van der Waals surface area contributed by atoms with Gasteiger partial charge >= 0.3 is 0 Å². The largest absolute Gasteiger partial charge is 0.367 e. The molecule has 1 aromatic carbocycles. The molecular formula is C12H15NO2S. The van der Waals surface area contributed by atoms with Crippen molar-refractivity contribution in [2.75, 3.05) is 25.3 Å². The van der Waals surface area contributed by atoms with Crippen molar-refractivity contribution in [3.63, 3.8) is 0 Å². The number of nitrogens with zero attached hydrogens (tertiary/aromatic N) is 1. The number of ether oxygens (including phenoxy) is 1. The van der Waals surface area contributed by atoms with Crippen LogP contribution in [0.1, 0.15) is 11.7 Å². The molecule has 0 spiro atoms. The van der Waals surface area contributed by atoms with Gasteiger partial charge in [-0.05, 0) is 5.56 Å². The SMILES string of the molecule is COC(C(=O)N1CCSC1)c1ccccc1. The van der Waals surface area contributed by atoms with Crippen molar-refractivity contribution in [3.05, 3.63) is 35.9 Å². The van der Waals surface area contributed by atoms with Gasteiger partial charge in [-0.15, -0.1) is 11.8 Å². The maximum atomic E-state index is 12.2. The fourth-order valence-corrected chi connectivity index (χ4v) is 2.72. The maximum absolute atomic E-state index is 12.2. The van der Waals surface area contributed by atoms with E-state index < -0.39 is 6.10 Å². The zero-order valence-corrected chi connectivity index (χ0v) is 10.1. The Kier molecular flexibility index (Phi) is 3.85. The van der Waals surface area contributed by atoms with Gasteiger partial charge < -0.3 is 9.64 Å². The van der Waals surface area contributed by atoms with Crippen LogP contribution in [0.25, 0.3) is 0 Å². The number of amides is 1. The molecule has 1 aromatic rings. The molecule has 3 nitrogen and oxygen atoms in total. The van der Waals surface area contributed by atoms with E-state index in [1.807, 2.05) is 35.2 Å². The highest BCUT2D eigenvalue weighted by Gasteiger charge is 2.27. The molecule has 1 atom stereocenters. The molecule has 1 saturated heterocycles. The molecule has 1 amide bonds. The molecule has 0 saturated carbocycles. The molecule has 1 fully saturated rings. The van der Waals surface area contributed by atoms with Gasteiger partial charge in [0.2, 0.25) is 0 Å². The van der Waals surface area contributed by atoms with Crippen LogP contribution in [0, 0.1) is 0 Å². The van der Waals surface area contributed by atoms with Crippen LogP contribution in [0.15, 0.2) is 30.3 Å². The minimum Gasteiger partial charge on any atom is -0.367 e. The average Bonchev–Trinajstić information content (AvgIpc) is 2.85. The van der Waals surface area contributed by atoms with Crippen LogP contribution < -0.4 is 0 Å². The van der Waals surface area contributed by atoms with Gasteiger partial charge in [0.05, 0.1) is 5.88 Å². The second-order valence-corrected chi connectivity index (χ2v) is 4.74. The highest BCUT2D eigenvalue weighted by atomic mass is 32.2. The Hall–Kier alpha value is -1.00. The molecule has 0 bridgehead atoms. The summed E-state index contributed by atoms with van der Waals surface area (Å²) < 4.78 is 5.31. The van der Waals surface area contributed by atoms with E-state index in [9.17, 15) is 4.79 Å². The molecule has 2 rings (SSSR count). The number of benzene rings is 1. The Morgan fingerprint density at radius 3 is 2.75 bits per heavy atom. The molecule has 1 unspecified atom stereocenters. The predicted molar refractivity (Wildman–Crippen MR) is 65.2 cm³/mol. The van der Waals surface area contributed by atoms with E-state index in [1.54, 1.807) is 18.9 Å². The summed E-state index contributed by atoms with van der Waals surface area (Å²) in [5.74, 6) is 1.88.